The zero-order valence-corrected chi connectivity index (χ0v) is 12.7. The van der Waals surface area contributed by atoms with Gasteiger partial charge in [0.15, 0.2) is 5.69 Å². The Morgan fingerprint density at radius 3 is 2.86 bits per heavy atom. The fourth-order valence-electron chi connectivity index (χ4n) is 1.80. The van der Waals surface area contributed by atoms with Crippen LogP contribution in [0.1, 0.15) is 13.3 Å². The summed E-state index contributed by atoms with van der Waals surface area (Å²) < 4.78 is 14.6. The third kappa shape index (κ3) is 3.33. The molecular formula is C13H12BrFN4O2. The SMILES string of the molecule is CCCNc1ncnc(-c2cc(Br)ccc2F)c1[N+](=O)[O-]. The molecular weight excluding hydrogens is 343 g/mol. The molecule has 0 aliphatic rings. The van der Waals surface area contributed by atoms with Crippen LogP contribution < -0.4 is 5.32 Å². The Morgan fingerprint density at radius 1 is 1.43 bits per heavy atom. The Morgan fingerprint density at radius 2 is 2.19 bits per heavy atom. The van der Waals surface area contributed by atoms with Crippen molar-refractivity contribution in [2.24, 2.45) is 0 Å². The summed E-state index contributed by atoms with van der Waals surface area (Å²) in [6.45, 7) is 2.45. The smallest absolute Gasteiger partial charge is 0.337 e. The summed E-state index contributed by atoms with van der Waals surface area (Å²) in [5.74, 6) is -0.493. The van der Waals surface area contributed by atoms with Crippen LogP contribution in [0.25, 0.3) is 11.3 Å². The Bertz CT molecular complexity index is 681. The molecule has 1 heterocycles. The van der Waals surface area contributed by atoms with Gasteiger partial charge in [-0.25, -0.2) is 14.4 Å². The van der Waals surface area contributed by atoms with Crippen LogP contribution in [0.3, 0.4) is 0 Å². The van der Waals surface area contributed by atoms with E-state index in [1.165, 1.54) is 24.5 Å². The molecule has 110 valence electrons. The predicted molar refractivity (Wildman–Crippen MR) is 80.6 cm³/mol. The quantitative estimate of drug-likeness (QED) is 0.652. The minimum absolute atomic E-state index is 0.0487. The number of nitrogens with zero attached hydrogens (tertiary/aromatic N) is 3. The van der Waals surface area contributed by atoms with Crippen LogP contribution in [0, 0.1) is 15.9 Å². The number of hydrogen-bond donors (Lipinski definition) is 1. The maximum Gasteiger partial charge on any atom is 0.337 e. The normalized spacial score (nSPS) is 10.4. The van der Waals surface area contributed by atoms with Crippen molar-refractivity contribution in [2.75, 3.05) is 11.9 Å². The van der Waals surface area contributed by atoms with Crippen molar-refractivity contribution in [3.63, 3.8) is 0 Å². The van der Waals surface area contributed by atoms with Gasteiger partial charge >= 0.3 is 5.69 Å². The van der Waals surface area contributed by atoms with Gasteiger partial charge in [-0.15, -0.1) is 0 Å². The first-order valence-electron chi connectivity index (χ1n) is 6.23. The lowest BCUT2D eigenvalue weighted by molar-refractivity contribution is -0.383. The maximum atomic E-state index is 14.0. The van der Waals surface area contributed by atoms with E-state index < -0.39 is 10.7 Å². The highest BCUT2D eigenvalue weighted by molar-refractivity contribution is 9.10. The first-order chi connectivity index (χ1) is 10.0. The van der Waals surface area contributed by atoms with Crippen LogP contribution in [0.4, 0.5) is 15.9 Å². The Balaban J connectivity index is 2.62. The molecule has 0 aliphatic carbocycles. The zero-order chi connectivity index (χ0) is 15.4. The van der Waals surface area contributed by atoms with E-state index in [1.54, 1.807) is 0 Å². The van der Waals surface area contributed by atoms with Crippen molar-refractivity contribution in [3.8, 4) is 11.3 Å². The second-order valence-corrected chi connectivity index (χ2v) is 5.14. The Hall–Kier alpha value is -2.09. The minimum atomic E-state index is -0.604. The lowest BCUT2D eigenvalue weighted by Crippen LogP contribution is -2.07. The molecule has 0 atom stereocenters. The van der Waals surface area contributed by atoms with Crippen molar-refractivity contribution in [3.05, 3.63) is 44.9 Å². The molecule has 0 saturated carbocycles. The number of aromatic nitrogens is 2. The van der Waals surface area contributed by atoms with E-state index in [4.69, 9.17) is 0 Å². The second kappa shape index (κ2) is 6.57. The summed E-state index contributed by atoms with van der Waals surface area (Å²) in [5, 5.41) is 14.2. The summed E-state index contributed by atoms with van der Waals surface area (Å²) >= 11 is 3.22. The average molecular weight is 355 g/mol. The van der Waals surface area contributed by atoms with Gasteiger partial charge in [-0.1, -0.05) is 22.9 Å². The van der Waals surface area contributed by atoms with Crippen LogP contribution in [-0.2, 0) is 0 Å². The van der Waals surface area contributed by atoms with Crippen molar-refractivity contribution < 1.29 is 9.31 Å². The first kappa shape index (κ1) is 15.3. The summed E-state index contributed by atoms with van der Waals surface area (Å²) in [5.41, 5.74) is -0.326. The van der Waals surface area contributed by atoms with Gasteiger partial charge in [0.05, 0.1) is 4.92 Å². The number of halogens is 2. The van der Waals surface area contributed by atoms with Gasteiger partial charge in [-0.3, -0.25) is 10.1 Å². The van der Waals surface area contributed by atoms with E-state index in [0.717, 1.165) is 6.42 Å². The summed E-state index contributed by atoms with van der Waals surface area (Å²) in [7, 11) is 0. The van der Waals surface area contributed by atoms with E-state index in [9.17, 15) is 14.5 Å². The molecule has 0 amide bonds. The van der Waals surface area contributed by atoms with Crippen LogP contribution in [0.15, 0.2) is 29.0 Å². The van der Waals surface area contributed by atoms with Gasteiger partial charge in [-0.2, -0.15) is 0 Å². The Kier molecular flexibility index (Phi) is 4.79. The minimum Gasteiger partial charge on any atom is -0.364 e. The number of anilines is 1. The zero-order valence-electron chi connectivity index (χ0n) is 11.1. The van der Waals surface area contributed by atoms with Gasteiger partial charge in [-0.05, 0) is 24.6 Å². The molecule has 2 aromatic rings. The van der Waals surface area contributed by atoms with Crippen molar-refractivity contribution in [2.45, 2.75) is 13.3 Å². The molecule has 0 bridgehead atoms. The highest BCUT2D eigenvalue weighted by Gasteiger charge is 2.25. The van der Waals surface area contributed by atoms with Crippen LogP contribution in [0.2, 0.25) is 0 Å². The maximum absolute atomic E-state index is 14.0. The molecule has 8 heteroatoms. The lowest BCUT2D eigenvalue weighted by Gasteiger charge is -2.08. The van der Waals surface area contributed by atoms with Gasteiger partial charge in [0.25, 0.3) is 0 Å². The summed E-state index contributed by atoms with van der Waals surface area (Å²) in [4.78, 5) is 18.5. The van der Waals surface area contributed by atoms with E-state index in [-0.39, 0.29) is 22.8 Å². The molecule has 2 rings (SSSR count). The van der Waals surface area contributed by atoms with Crippen LogP contribution in [-0.4, -0.2) is 21.4 Å². The Labute approximate surface area is 128 Å². The van der Waals surface area contributed by atoms with Crippen molar-refractivity contribution in [1.82, 2.24) is 9.97 Å². The third-order valence-corrected chi connectivity index (χ3v) is 3.22. The second-order valence-electron chi connectivity index (χ2n) is 4.23. The molecule has 1 aromatic carbocycles. The highest BCUT2D eigenvalue weighted by atomic mass is 79.9. The lowest BCUT2D eigenvalue weighted by atomic mass is 10.1. The highest BCUT2D eigenvalue weighted by Crippen LogP contribution is 2.35. The number of nitrogens with one attached hydrogen (secondary N) is 1. The number of nitro groups is 1. The third-order valence-electron chi connectivity index (χ3n) is 2.73. The first-order valence-corrected chi connectivity index (χ1v) is 7.02. The van der Waals surface area contributed by atoms with Crippen molar-refractivity contribution in [1.29, 1.82) is 0 Å². The molecule has 1 N–H and O–H groups in total. The molecule has 21 heavy (non-hydrogen) atoms. The molecule has 0 aliphatic heterocycles. The fourth-order valence-corrected chi connectivity index (χ4v) is 2.16. The van der Waals surface area contributed by atoms with Gasteiger partial charge in [0, 0.05) is 16.6 Å². The standard InChI is InChI=1S/C13H12BrFN4O2/c1-2-5-16-13-12(19(20)21)11(17-7-18-13)9-6-8(14)3-4-10(9)15/h3-4,6-7H,2,5H2,1H3,(H,16,17,18). The molecule has 0 spiro atoms. The number of benzene rings is 1. The van der Waals surface area contributed by atoms with Crippen LogP contribution in [0.5, 0.6) is 0 Å². The molecule has 0 radical (unpaired) electrons. The van der Waals surface area contributed by atoms with Gasteiger partial charge in [0.2, 0.25) is 5.82 Å². The largest absolute Gasteiger partial charge is 0.364 e. The van der Waals surface area contributed by atoms with Gasteiger partial charge < -0.3 is 5.32 Å². The van der Waals surface area contributed by atoms with Crippen LogP contribution >= 0.6 is 15.9 Å². The molecule has 6 nitrogen and oxygen atoms in total. The topological polar surface area (TPSA) is 81.0 Å². The predicted octanol–water partition coefficient (Wildman–Crippen LogP) is 3.78. The monoisotopic (exact) mass is 354 g/mol. The molecule has 1 aromatic heterocycles. The fraction of sp³-hybridized carbons (Fsp3) is 0.231. The molecule has 0 saturated heterocycles. The molecule has 0 fully saturated rings. The van der Waals surface area contributed by atoms with Gasteiger partial charge in [0.1, 0.15) is 12.1 Å². The number of rotatable bonds is 5. The van der Waals surface area contributed by atoms with Crippen molar-refractivity contribution >= 4 is 27.4 Å². The van der Waals surface area contributed by atoms with E-state index in [1.807, 2.05) is 6.92 Å². The van der Waals surface area contributed by atoms with E-state index in [2.05, 4.69) is 31.2 Å². The average Bonchev–Trinajstić information content (AvgIpc) is 2.47. The van der Waals surface area contributed by atoms with E-state index >= 15 is 0 Å². The molecule has 0 unspecified atom stereocenters. The summed E-state index contributed by atoms with van der Waals surface area (Å²) in [6, 6.07) is 4.20. The summed E-state index contributed by atoms with van der Waals surface area (Å²) in [6.07, 6.45) is 1.96. The van der Waals surface area contributed by atoms with E-state index in [0.29, 0.717) is 11.0 Å². The number of hydrogen-bond acceptors (Lipinski definition) is 5.